The normalized spacial score (nSPS) is 12.0. The zero-order chi connectivity index (χ0) is 17.1. The summed E-state index contributed by atoms with van der Waals surface area (Å²) in [5.74, 6) is -0.165. The minimum absolute atomic E-state index is 0.253. The molecule has 2 aromatic carbocycles. The van der Waals surface area contributed by atoms with Crippen molar-refractivity contribution in [1.82, 2.24) is 14.9 Å². The van der Waals surface area contributed by atoms with E-state index in [-0.39, 0.29) is 11.5 Å². The number of aryl methyl sites for hydroxylation is 1. The van der Waals surface area contributed by atoms with Crippen molar-refractivity contribution in [3.63, 3.8) is 0 Å². The predicted molar refractivity (Wildman–Crippen MR) is 90.4 cm³/mol. The number of rotatable bonds is 4. The van der Waals surface area contributed by atoms with Crippen molar-refractivity contribution in [1.29, 1.82) is 0 Å². The Hall–Kier alpha value is -2.66. The van der Waals surface area contributed by atoms with Crippen LogP contribution >= 0.6 is 11.6 Å². The van der Waals surface area contributed by atoms with Gasteiger partial charge in [-0.15, -0.1) is 0 Å². The zero-order valence-corrected chi connectivity index (χ0v) is 13.7. The second-order valence-electron chi connectivity index (χ2n) is 5.36. The van der Waals surface area contributed by atoms with Crippen molar-refractivity contribution in [3.8, 4) is 0 Å². The van der Waals surface area contributed by atoms with Crippen LogP contribution in [0, 0.1) is 5.82 Å². The molecule has 0 fully saturated rings. The molecule has 1 amide bonds. The van der Waals surface area contributed by atoms with Crippen LogP contribution in [0.3, 0.4) is 0 Å². The predicted octanol–water partition coefficient (Wildman–Crippen LogP) is 3.73. The van der Waals surface area contributed by atoms with Gasteiger partial charge in [0.25, 0.3) is 5.91 Å². The highest BCUT2D eigenvalue weighted by Crippen LogP contribution is 2.23. The van der Waals surface area contributed by atoms with Gasteiger partial charge in [0.15, 0.2) is 0 Å². The third-order valence-corrected chi connectivity index (χ3v) is 3.93. The molecule has 0 spiro atoms. The molecule has 6 heteroatoms. The molecule has 0 radical (unpaired) electrons. The molecule has 1 N–H and O–H groups in total. The average molecular weight is 344 g/mol. The lowest BCUT2D eigenvalue weighted by Crippen LogP contribution is -2.31. The van der Waals surface area contributed by atoms with E-state index in [0.29, 0.717) is 10.8 Å². The second-order valence-corrected chi connectivity index (χ2v) is 5.80. The summed E-state index contributed by atoms with van der Waals surface area (Å²) in [5, 5.41) is 3.51. The molecule has 0 aliphatic heterocycles. The van der Waals surface area contributed by atoms with E-state index in [0.717, 1.165) is 5.56 Å². The Morgan fingerprint density at radius 3 is 2.62 bits per heavy atom. The first-order chi connectivity index (χ1) is 11.5. The maximum Gasteiger partial charge on any atom is 0.252 e. The fourth-order valence-corrected chi connectivity index (χ4v) is 2.58. The van der Waals surface area contributed by atoms with Crippen molar-refractivity contribution in [3.05, 3.63) is 88.7 Å². The minimum Gasteiger partial charge on any atom is -0.338 e. The summed E-state index contributed by atoms with van der Waals surface area (Å²) in [7, 11) is 1.85. The summed E-state index contributed by atoms with van der Waals surface area (Å²) >= 11 is 5.94. The molecule has 0 aliphatic rings. The fraction of sp³-hybridized carbons (Fsp3) is 0.111. The van der Waals surface area contributed by atoms with E-state index >= 15 is 0 Å². The third-order valence-electron chi connectivity index (χ3n) is 3.68. The Kier molecular flexibility index (Phi) is 4.62. The van der Waals surface area contributed by atoms with Crippen molar-refractivity contribution in [2.24, 2.45) is 7.05 Å². The van der Waals surface area contributed by atoms with Crippen molar-refractivity contribution in [2.75, 3.05) is 0 Å². The second kappa shape index (κ2) is 6.84. The molecular formula is C18H15ClFN3O. The topological polar surface area (TPSA) is 46.9 Å². The summed E-state index contributed by atoms with van der Waals surface area (Å²) in [4.78, 5) is 16.8. The molecule has 3 aromatic rings. The first kappa shape index (κ1) is 16.2. The summed E-state index contributed by atoms with van der Waals surface area (Å²) < 4.78 is 15.2. The number of nitrogens with zero attached hydrogens (tertiary/aromatic N) is 2. The van der Waals surface area contributed by atoms with E-state index < -0.39 is 11.9 Å². The maximum absolute atomic E-state index is 13.4. The van der Waals surface area contributed by atoms with E-state index in [1.54, 1.807) is 30.6 Å². The van der Waals surface area contributed by atoms with E-state index in [1.807, 2.05) is 23.7 Å². The molecule has 3 rings (SSSR count). The van der Waals surface area contributed by atoms with Crippen LogP contribution in [0.15, 0.2) is 60.9 Å². The van der Waals surface area contributed by atoms with Gasteiger partial charge in [-0.25, -0.2) is 9.37 Å². The number of amides is 1. The van der Waals surface area contributed by atoms with Crippen LogP contribution in [-0.4, -0.2) is 15.5 Å². The molecule has 0 bridgehead atoms. The molecular weight excluding hydrogens is 329 g/mol. The monoisotopic (exact) mass is 343 g/mol. The van der Waals surface area contributed by atoms with Gasteiger partial charge in [0.05, 0.1) is 0 Å². The maximum atomic E-state index is 13.4. The van der Waals surface area contributed by atoms with Crippen LogP contribution in [0.4, 0.5) is 4.39 Å². The summed E-state index contributed by atoms with van der Waals surface area (Å²) in [6, 6.07) is 12.2. The number of hydrogen-bond donors (Lipinski definition) is 1. The Morgan fingerprint density at radius 2 is 2.00 bits per heavy atom. The molecule has 0 aliphatic carbocycles. The summed E-state index contributed by atoms with van der Waals surface area (Å²) in [6.45, 7) is 0. The number of halogens is 2. The van der Waals surface area contributed by atoms with Crippen LogP contribution in [-0.2, 0) is 7.05 Å². The number of imidazole rings is 1. The van der Waals surface area contributed by atoms with Gasteiger partial charge >= 0.3 is 0 Å². The molecule has 0 saturated carbocycles. The minimum atomic E-state index is -0.474. The van der Waals surface area contributed by atoms with E-state index in [4.69, 9.17) is 11.6 Å². The lowest BCUT2D eigenvalue weighted by molar-refractivity contribution is 0.0940. The lowest BCUT2D eigenvalue weighted by Gasteiger charge is -2.19. The van der Waals surface area contributed by atoms with Gasteiger partial charge in [0.1, 0.15) is 17.7 Å². The quantitative estimate of drug-likeness (QED) is 0.784. The Morgan fingerprint density at radius 1 is 1.25 bits per heavy atom. The number of carbonyl (C=O) groups is 1. The highest BCUT2D eigenvalue weighted by Gasteiger charge is 2.21. The Labute approximate surface area is 143 Å². The standard InChI is InChI=1S/C18H15ClFN3O/c1-23-10-9-21-17(23)16(12-5-7-14(19)8-6-12)22-18(24)13-3-2-4-15(20)11-13/h2-11,16H,1H3,(H,22,24). The van der Waals surface area contributed by atoms with Gasteiger partial charge in [-0.1, -0.05) is 29.8 Å². The lowest BCUT2D eigenvalue weighted by atomic mass is 10.1. The molecule has 24 heavy (non-hydrogen) atoms. The van der Waals surface area contributed by atoms with Gasteiger partial charge in [-0.05, 0) is 35.9 Å². The largest absolute Gasteiger partial charge is 0.338 e. The fourth-order valence-electron chi connectivity index (χ4n) is 2.45. The highest BCUT2D eigenvalue weighted by atomic mass is 35.5. The molecule has 1 heterocycles. The first-order valence-corrected chi connectivity index (χ1v) is 7.71. The molecule has 1 unspecified atom stereocenters. The van der Waals surface area contributed by atoms with Crippen LogP contribution in [0.5, 0.6) is 0 Å². The Bertz CT molecular complexity index is 861. The van der Waals surface area contributed by atoms with Gasteiger partial charge in [-0.3, -0.25) is 4.79 Å². The van der Waals surface area contributed by atoms with E-state index in [1.165, 1.54) is 18.2 Å². The molecule has 1 atom stereocenters. The van der Waals surface area contributed by atoms with E-state index in [2.05, 4.69) is 10.3 Å². The van der Waals surface area contributed by atoms with Gasteiger partial charge in [0, 0.05) is 30.0 Å². The third kappa shape index (κ3) is 3.46. The highest BCUT2D eigenvalue weighted by molar-refractivity contribution is 6.30. The summed E-state index contributed by atoms with van der Waals surface area (Å²) in [5.41, 5.74) is 1.08. The molecule has 1 aromatic heterocycles. The Balaban J connectivity index is 1.95. The van der Waals surface area contributed by atoms with Crippen molar-refractivity contribution < 1.29 is 9.18 Å². The van der Waals surface area contributed by atoms with Gasteiger partial charge in [-0.2, -0.15) is 0 Å². The number of benzene rings is 2. The van der Waals surface area contributed by atoms with Gasteiger partial charge in [0.2, 0.25) is 0 Å². The molecule has 122 valence electrons. The molecule has 0 saturated heterocycles. The van der Waals surface area contributed by atoms with Crippen LogP contribution < -0.4 is 5.32 Å². The summed E-state index contributed by atoms with van der Waals surface area (Å²) in [6.07, 6.45) is 3.46. The van der Waals surface area contributed by atoms with Crippen molar-refractivity contribution >= 4 is 17.5 Å². The van der Waals surface area contributed by atoms with Crippen molar-refractivity contribution in [2.45, 2.75) is 6.04 Å². The first-order valence-electron chi connectivity index (χ1n) is 7.34. The average Bonchev–Trinajstić information content (AvgIpc) is 2.99. The SMILES string of the molecule is Cn1ccnc1C(NC(=O)c1cccc(F)c1)c1ccc(Cl)cc1. The molecule has 4 nitrogen and oxygen atoms in total. The number of aromatic nitrogens is 2. The van der Waals surface area contributed by atoms with Crippen LogP contribution in [0.1, 0.15) is 27.8 Å². The number of hydrogen-bond acceptors (Lipinski definition) is 2. The van der Waals surface area contributed by atoms with Gasteiger partial charge < -0.3 is 9.88 Å². The number of nitrogens with one attached hydrogen (secondary N) is 1. The smallest absolute Gasteiger partial charge is 0.252 e. The van der Waals surface area contributed by atoms with Crippen LogP contribution in [0.25, 0.3) is 0 Å². The van der Waals surface area contributed by atoms with E-state index in [9.17, 15) is 9.18 Å². The van der Waals surface area contributed by atoms with Crippen LogP contribution in [0.2, 0.25) is 5.02 Å². The number of carbonyl (C=O) groups excluding carboxylic acids is 1. The zero-order valence-electron chi connectivity index (χ0n) is 12.9.